The van der Waals surface area contributed by atoms with Crippen LogP contribution in [0.1, 0.15) is 36.5 Å². The molecule has 0 aromatic heterocycles. The fraction of sp³-hybridized carbons (Fsp3) is 0.0725. The number of anilines is 3. The van der Waals surface area contributed by atoms with E-state index in [-0.39, 0.29) is 5.92 Å². The summed E-state index contributed by atoms with van der Waals surface area (Å²) in [6.45, 7) is 4.71. The van der Waals surface area contributed by atoms with Crippen LogP contribution in [0.5, 0.6) is 0 Å². The van der Waals surface area contributed by atoms with Gasteiger partial charge in [-0.3, -0.25) is 0 Å². The van der Waals surface area contributed by atoms with Crippen LogP contribution in [0.25, 0.3) is 98.7 Å². The standard InChI is InChI=1S/C69H51N/c1-45(2)62-44-52(68-55-28-14-13-27-54(55)66(48-23-8-4-9-24-48)63-43-49(36-39-61(63)68)46-20-6-3-7-21-46)37-40-60(62)69-58-31-17-15-29-56(58)67(57-30-16-18-32-59(57)69)51-38-41-65-50(42-51)35-34-47-22-12-19-33-64(47)70(65)53-25-10-5-11-26-53/h3-33,36-45H,34-35H2,1-2H3. The fourth-order valence-electron chi connectivity index (χ4n) is 11.7. The summed E-state index contributed by atoms with van der Waals surface area (Å²) in [5.41, 5.74) is 20.4. The summed E-state index contributed by atoms with van der Waals surface area (Å²) < 4.78 is 0. The smallest absolute Gasteiger partial charge is 0.0494 e. The number of nitrogens with zero attached hydrogens (tertiary/aromatic N) is 1. The number of para-hydroxylation sites is 2. The van der Waals surface area contributed by atoms with Crippen LogP contribution in [0.3, 0.4) is 0 Å². The second-order valence-electron chi connectivity index (χ2n) is 19.2. The Balaban J connectivity index is 1.01. The highest BCUT2D eigenvalue weighted by molar-refractivity contribution is 6.24. The van der Waals surface area contributed by atoms with Gasteiger partial charge in [-0.1, -0.05) is 220 Å². The zero-order valence-electron chi connectivity index (χ0n) is 39.5. The van der Waals surface area contributed by atoms with Crippen LogP contribution in [0, 0.1) is 0 Å². The van der Waals surface area contributed by atoms with Gasteiger partial charge in [-0.2, -0.15) is 0 Å². The molecule has 13 rings (SSSR count). The monoisotopic (exact) mass is 893 g/mol. The molecule has 12 aromatic rings. The average molecular weight is 894 g/mol. The van der Waals surface area contributed by atoms with Gasteiger partial charge in [-0.05, 0) is 171 Å². The summed E-state index contributed by atoms with van der Waals surface area (Å²) in [5.74, 6) is 0.263. The topological polar surface area (TPSA) is 3.24 Å². The lowest BCUT2D eigenvalue weighted by atomic mass is 9.80. The predicted molar refractivity (Wildman–Crippen MR) is 300 cm³/mol. The van der Waals surface area contributed by atoms with E-state index in [0.717, 1.165) is 12.8 Å². The summed E-state index contributed by atoms with van der Waals surface area (Å²) in [4.78, 5) is 2.46. The van der Waals surface area contributed by atoms with Crippen LogP contribution in [0.4, 0.5) is 17.1 Å². The molecule has 12 aromatic carbocycles. The Morgan fingerprint density at radius 2 is 0.743 bits per heavy atom. The first kappa shape index (κ1) is 41.7. The van der Waals surface area contributed by atoms with E-state index in [2.05, 4.69) is 261 Å². The van der Waals surface area contributed by atoms with Gasteiger partial charge in [0.2, 0.25) is 0 Å². The van der Waals surface area contributed by atoms with Gasteiger partial charge in [0.1, 0.15) is 0 Å². The number of hydrogen-bond donors (Lipinski definition) is 0. The molecule has 1 nitrogen and oxygen atoms in total. The summed E-state index contributed by atoms with van der Waals surface area (Å²) in [5, 5.41) is 10.1. The Bertz CT molecular complexity index is 3900. The van der Waals surface area contributed by atoms with Crippen molar-refractivity contribution in [2.45, 2.75) is 32.6 Å². The molecule has 0 fully saturated rings. The third-order valence-corrected chi connectivity index (χ3v) is 14.9. The zero-order valence-corrected chi connectivity index (χ0v) is 39.5. The van der Waals surface area contributed by atoms with Crippen molar-refractivity contribution in [3.63, 3.8) is 0 Å². The van der Waals surface area contributed by atoms with E-state index >= 15 is 0 Å². The predicted octanol–water partition coefficient (Wildman–Crippen LogP) is 19.3. The molecule has 0 amide bonds. The fourth-order valence-corrected chi connectivity index (χ4v) is 11.7. The molecule has 0 atom stereocenters. The Morgan fingerprint density at radius 1 is 0.300 bits per heavy atom. The van der Waals surface area contributed by atoms with Gasteiger partial charge < -0.3 is 4.90 Å². The minimum Gasteiger partial charge on any atom is -0.310 e. The lowest BCUT2D eigenvalue weighted by molar-refractivity contribution is 0.870. The number of benzene rings is 12. The zero-order chi connectivity index (χ0) is 46.7. The maximum Gasteiger partial charge on any atom is 0.0494 e. The molecule has 1 aliphatic rings. The molecule has 1 aliphatic heterocycles. The van der Waals surface area contributed by atoms with E-state index in [9.17, 15) is 0 Å². The van der Waals surface area contributed by atoms with Crippen molar-refractivity contribution in [2.75, 3.05) is 4.90 Å². The molecule has 0 N–H and O–H groups in total. The highest BCUT2D eigenvalue weighted by atomic mass is 15.1. The molecule has 1 heterocycles. The van der Waals surface area contributed by atoms with E-state index in [1.165, 1.54) is 132 Å². The first-order valence-corrected chi connectivity index (χ1v) is 24.8. The lowest BCUT2D eigenvalue weighted by Crippen LogP contribution is -2.11. The van der Waals surface area contributed by atoms with Gasteiger partial charge in [0.25, 0.3) is 0 Å². The molecule has 0 spiro atoms. The normalized spacial score (nSPS) is 12.4. The molecule has 0 saturated heterocycles. The quantitative estimate of drug-likeness (QED) is 0.144. The molecule has 0 bridgehead atoms. The van der Waals surface area contributed by atoms with E-state index < -0.39 is 0 Å². The Morgan fingerprint density at radius 3 is 1.36 bits per heavy atom. The highest BCUT2D eigenvalue weighted by Crippen LogP contribution is 2.50. The molecular weight excluding hydrogens is 843 g/mol. The van der Waals surface area contributed by atoms with Crippen molar-refractivity contribution in [1.82, 2.24) is 0 Å². The largest absolute Gasteiger partial charge is 0.310 e. The van der Waals surface area contributed by atoms with Crippen molar-refractivity contribution < 1.29 is 0 Å². The first-order valence-electron chi connectivity index (χ1n) is 24.8. The third-order valence-electron chi connectivity index (χ3n) is 14.9. The van der Waals surface area contributed by atoms with Gasteiger partial charge in [0, 0.05) is 17.1 Å². The highest BCUT2D eigenvalue weighted by Gasteiger charge is 2.26. The first-order chi connectivity index (χ1) is 34.6. The van der Waals surface area contributed by atoms with Crippen LogP contribution < -0.4 is 4.90 Å². The van der Waals surface area contributed by atoms with Gasteiger partial charge in [0.05, 0.1) is 0 Å². The number of aryl methyl sites for hydroxylation is 2. The second kappa shape index (κ2) is 17.2. The molecule has 332 valence electrons. The van der Waals surface area contributed by atoms with Crippen molar-refractivity contribution in [3.05, 3.63) is 259 Å². The van der Waals surface area contributed by atoms with Gasteiger partial charge in [-0.25, -0.2) is 0 Å². The molecule has 0 unspecified atom stereocenters. The third kappa shape index (κ3) is 6.92. The Hall–Kier alpha value is -8.52. The average Bonchev–Trinajstić information content (AvgIpc) is 3.58. The Labute approximate surface area is 410 Å². The van der Waals surface area contributed by atoms with E-state index in [0.29, 0.717) is 0 Å². The van der Waals surface area contributed by atoms with Crippen LogP contribution in [0.2, 0.25) is 0 Å². The van der Waals surface area contributed by atoms with Crippen molar-refractivity contribution in [3.8, 4) is 55.6 Å². The maximum atomic E-state index is 2.51. The summed E-state index contributed by atoms with van der Waals surface area (Å²) >= 11 is 0. The second-order valence-corrected chi connectivity index (χ2v) is 19.2. The molecule has 1 heteroatoms. The molecule has 0 aliphatic carbocycles. The van der Waals surface area contributed by atoms with Crippen LogP contribution in [-0.2, 0) is 12.8 Å². The summed E-state index contributed by atoms with van der Waals surface area (Å²) in [7, 11) is 0. The van der Waals surface area contributed by atoms with E-state index in [1.807, 2.05) is 0 Å². The van der Waals surface area contributed by atoms with Gasteiger partial charge >= 0.3 is 0 Å². The number of hydrogen-bond acceptors (Lipinski definition) is 1. The summed E-state index contributed by atoms with van der Waals surface area (Å²) in [6.07, 6.45) is 1.96. The molecular formula is C69H51N. The lowest BCUT2D eigenvalue weighted by Gasteiger charge is -2.27. The molecule has 0 saturated carbocycles. The van der Waals surface area contributed by atoms with E-state index in [1.54, 1.807) is 0 Å². The van der Waals surface area contributed by atoms with Crippen molar-refractivity contribution in [1.29, 1.82) is 0 Å². The maximum absolute atomic E-state index is 2.51. The van der Waals surface area contributed by atoms with Gasteiger partial charge in [0.15, 0.2) is 0 Å². The minimum absolute atomic E-state index is 0.263. The SMILES string of the molecule is CC(C)c1cc(-c2c3ccccc3c(-c3ccccc3)c3cc(-c4ccccc4)ccc23)ccc1-c1c2ccccc2c(-c2ccc3c(c2)CCc2ccccc2N3c2ccccc2)c2ccccc12. The number of rotatable bonds is 7. The molecule has 0 radical (unpaired) electrons. The number of fused-ring (bicyclic) bond motifs is 6. The van der Waals surface area contributed by atoms with Gasteiger partial charge in [-0.15, -0.1) is 0 Å². The van der Waals surface area contributed by atoms with Crippen molar-refractivity contribution in [2.24, 2.45) is 0 Å². The van der Waals surface area contributed by atoms with Crippen LogP contribution in [0.15, 0.2) is 243 Å². The van der Waals surface area contributed by atoms with Crippen LogP contribution in [-0.4, -0.2) is 0 Å². The Kier molecular flexibility index (Phi) is 10.2. The molecule has 70 heavy (non-hydrogen) atoms. The minimum atomic E-state index is 0.263. The van der Waals surface area contributed by atoms with E-state index in [4.69, 9.17) is 0 Å². The van der Waals surface area contributed by atoms with Crippen LogP contribution >= 0.6 is 0 Å². The summed E-state index contributed by atoms with van der Waals surface area (Å²) in [6, 6.07) is 90.4. The van der Waals surface area contributed by atoms with Crippen molar-refractivity contribution >= 4 is 60.2 Å².